The number of nitrogens with one attached hydrogen (secondary N) is 1. The lowest BCUT2D eigenvalue weighted by Gasteiger charge is -2.18. The number of hydrogen-bond acceptors (Lipinski definition) is 4. The van der Waals surface area contributed by atoms with Crippen LogP contribution in [0.25, 0.3) is 0 Å². The minimum Gasteiger partial charge on any atom is -0.315 e. The molecule has 1 aromatic heterocycles. The molecule has 0 spiro atoms. The van der Waals surface area contributed by atoms with Crippen molar-refractivity contribution in [1.82, 2.24) is 5.32 Å². The van der Waals surface area contributed by atoms with Gasteiger partial charge in [-0.05, 0) is 31.2 Å². The molecule has 0 unspecified atom stereocenters. The second kappa shape index (κ2) is 5.20. The largest absolute Gasteiger partial charge is 0.315 e. The van der Waals surface area contributed by atoms with Gasteiger partial charge in [-0.3, -0.25) is 4.31 Å². The minimum atomic E-state index is -3.43. The van der Waals surface area contributed by atoms with E-state index in [1.54, 1.807) is 11.4 Å². The van der Waals surface area contributed by atoms with Gasteiger partial charge in [0.05, 0.1) is 10.6 Å². The maximum absolute atomic E-state index is 12.7. The lowest BCUT2D eigenvalue weighted by molar-refractivity contribution is 0.592. The third-order valence-corrected chi connectivity index (χ3v) is 6.29. The summed E-state index contributed by atoms with van der Waals surface area (Å²) >= 11 is 1.47. The number of thiophene rings is 1. The average molecular weight is 308 g/mol. The first-order chi connectivity index (χ1) is 9.63. The smallest absolute Gasteiger partial charge is 0.265 e. The first-order valence-electron chi connectivity index (χ1n) is 6.45. The van der Waals surface area contributed by atoms with Crippen molar-refractivity contribution in [2.45, 2.75) is 17.9 Å². The third kappa shape index (κ3) is 2.24. The van der Waals surface area contributed by atoms with Crippen molar-refractivity contribution in [3.63, 3.8) is 0 Å². The Hall–Kier alpha value is -1.37. The zero-order valence-electron chi connectivity index (χ0n) is 11.2. The van der Waals surface area contributed by atoms with Crippen LogP contribution in [-0.4, -0.2) is 22.0 Å². The van der Waals surface area contributed by atoms with Crippen LogP contribution in [0.15, 0.2) is 40.6 Å². The molecule has 4 nitrogen and oxygen atoms in total. The van der Waals surface area contributed by atoms with E-state index in [4.69, 9.17) is 0 Å². The predicted octanol–water partition coefficient (Wildman–Crippen LogP) is 2.22. The molecule has 1 aromatic carbocycles. The Morgan fingerprint density at radius 3 is 2.95 bits per heavy atom. The molecule has 3 rings (SSSR count). The Morgan fingerprint density at radius 1 is 1.35 bits per heavy atom. The summed E-state index contributed by atoms with van der Waals surface area (Å²) in [5.41, 5.74) is 1.91. The molecule has 0 bridgehead atoms. The summed E-state index contributed by atoms with van der Waals surface area (Å²) < 4.78 is 27.0. The van der Waals surface area contributed by atoms with E-state index in [1.165, 1.54) is 15.6 Å². The van der Waals surface area contributed by atoms with Gasteiger partial charge in [-0.2, -0.15) is 0 Å². The number of rotatable bonds is 4. The number of sulfonamides is 1. The summed E-state index contributed by atoms with van der Waals surface area (Å²) in [6.07, 6.45) is 0.781. The van der Waals surface area contributed by atoms with Crippen molar-refractivity contribution in [2.75, 3.05) is 17.9 Å². The summed E-state index contributed by atoms with van der Waals surface area (Å²) in [7, 11) is -1.58. The highest BCUT2D eigenvalue weighted by atomic mass is 32.2. The standard InChI is InChI=1S/C14H16N2O2S2/c1-15-9-12-8-13(10-19-12)20(17,18)16-7-6-11-4-2-3-5-14(11)16/h2-5,8,10,15H,6-7,9H2,1H3. The maximum atomic E-state index is 12.7. The van der Waals surface area contributed by atoms with E-state index < -0.39 is 10.0 Å². The quantitative estimate of drug-likeness (QED) is 0.942. The zero-order chi connectivity index (χ0) is 14.2. The number of nitrogens with zero attached hydrogens (tertiary/aromatic N) is 1. The Kier molecular flexibility index (Phi) is 3.54. The molecule has 0 fully saturated rings. The van der Waals surface area contributed by atoms with Gasteiger partial charge in [0.15, 0.2) is 0 Å². The molecular weight excluding hydrogens is 292 g/mol. The van der Waals surface area contributed by atoms with E-state index >= 15 is 0 Å². The van der Waals surface area contributed by atoms with Gasteiger partial charge in [0.25, 0.3) is 10.0 Å². The second-order valence-electron chi connectivity index (χ2n) is 4.73. The number of hydrogen-bond donors (Lipinski definition) is 1. The van der Waals surface area contributed by atoms with Crippen molar-refractivity contribution in [3.8, 4) is 0 Å². The third-order valence-electron chi connectivity index (χ3n) is 3.41. The zero-order valence-corrected chi connectivity index (χ0v) is 12.8. The van der Waals surface area contributed by atoms with Gasteiger partial charge in [-0.25, -0.2) is 8.42 Å². The van der Waals surface area contributed by atoms with E-state index in [2.05, 4.69) is 5.32 Å². The Labute approximate surface area is 123 Å². The van der Waals surface area contributed by atoms with Crippen LogP contribution in [0.3, 0.4) is 0 Å². The molecule has 2 aromatic rings. The summed E-state index contributed by atoms with van der Waals surface area (Å²) in [6.45, 7) is 1.22. The highest BCUT2D eigenvalue weighted by Gasteiger charge is 2.31. The summed E-state index contributed by atoms with van der Waals surface area (Å²) in [5.74, 6) is 0. The molecule has 0 saturated heterocycles. The summed E-state index contributed by atoms with van der Waals surface area (Å²) in [6, 6.07) is 9.46. The van der Waals surface area contributed by atoms with Gasteiger partial charge in [0.2, 0.25) is 0 Å². The van der Waals surface area contributed by atoms with Gasteiger partial charge in [-0.15, -0.1) is 11.3 Å². The van der Waals surface area contributed by atoms with Crippen LogP contribution in [0.5, 0.6) is 0 Å². The fourth-order valence-electron chi connectivity index (χ4n) is 2.45. The van der Waals surface area contributed by atoms with Crippen LogP contribution in [0.2, 0.25) is 0 Å². The average Bonchev–Trinajstić information content (AvgIpc) is 3.05. The van der Waals surface area contributed by atoms with Gasteiger partial charge < -0.3 is 5.32 Å². The van der Waals surface area contributed by atoms with E-state index in [0.29, 0.717) is 18.0 Å². The molecule has 6 heteroatoms. The Balaban J connectivity index is 1.96. The Morgan fingerprint density at radius 2 is 2.15 bits per heavy atom. The van der Waals surface area contributed by atoms with E-state index in [1.807, 2.05) is 31.3 Å². The van der Waals surface area contributed by atoms with Crippen LogP contribution < -0.4 is 9.62 Å². The SMILES string of the molecule is CNCc1cc(S(=O)(=O)N2CCc3ccccc32)cs1. The number of para-hydroxylation sites is 1. The highest BCUT2D eigenvalue weighted by molar-refractivity contribution is 7.93. The van der Waals surface area contributed by atoms with Gasteiger partial charge in [0, 0.05) is 23.3 Å². The van der Waals surface area contributed by atoms with E-state index in [9.17, 15) is 8.42 Å². The number of anilines is 1. The second-order valence-corrected chi connectivity index (χ2v) is 7.59. The molecule has 2 heterocycles. The molecule has 0 atom stereocenters. The van der Waals surface area contributed by atoms with Crippen molar-refractivity contribution in [2.24, 2.45) is 0 Å². The summed E-state index contributed by atoms with van der Waals surface area (Å²) in [5, 5.41) is 4.76. The molecule has 1 N–H and O–H groups in total. The number of fused-ring (bicyclic) bond motifs is 1. The lowest BCUT2D eigenvalue weighted by Crippen LogP contribution is -2.28. The van der Waals surface area contributed by atoms with Crippen molar-refractivity contribution in [1.29, 1.82) is 0 Å². The molecule has 0 aliphatic carbocycles. The van der Waals surface area contributed by atoms with Crippen LogP contribution in [-0.2, 0) is 23.0 Å². The molecule has 0 amide bonds. The topological polar surface area (TPSA) is 49.4 Å². The van der Waals surface area contributed by atoms with Gasteiger partial charge in [0.1, 0.15) is 0 Å². The van der Waals surface area contributed by atoms with Crippen LogP contribution >= 0.6 is 11.3 Å². The van der Waals surface area contributed by atoms with Gasteiger partial charge >= 0.3 is 0 Å². The number of benzene rings is 1. The molecule has 1 aliphatic heterocycles. The van der Waals surface area contributed by atoms with Crippen molar-refractivity contribution >= 4 is 27.0 Å². The van der Waals surface area contributed by atoms with Crippen LogP contribution in [0, 0.1) is 0 Å². The first-order valence-corrected chi connectivity index (χ1v) is 8.77. The molecule has 106 valence electrons. The minimum absolute atomic E-state index is 0.393. The highest BCUT2D eigenvalue weighted by Crippen LogP contribution is 2.33. The molecule has 0 saturated carbocycles. The van der Waals surface area contributed by atoms with Crippen molar-refractivity contribution < 1.29 is 8.42 Å². The van der Waals surface area contributed by atoms with Gasteiger partial charge in [-0.1, -0.05) is 18.2 Å². The summed E-state index contributed by atoms with van der Waals surface area (Å²) in [4.78, 5) is 1.42. The van der Waals surface area contributed by atoms with Crippen LogP contribution in [0.4, 0.5) is 5.69 Å². The molecular formula is C14H16N2O2S2. The monoisotopic (exact) mass is 308 g/mol. The molecule has 1 aliphatic rings. The Bertz CT molecular complexity index is 722. The van der Waals surface area contributed by atoms with E-state index in [-0.39, 0.29) is 0 Å². The normalized spacial score (nSPS) is 14.6. The fourth-order valence-corrected chi connectivity index (χ4v) is 5.23. The maximum Gasteiger partial charge on any atom is 0.265 e. The van der Waals surface area contributed by atoms with Crippen LogP contribution in [0.1, 0.15) is 10.4 Å². The lowest BCUT2D eigenvalue weighted by atomic mass is 10.2. The molecule has 0 radical (unpaired) electrons. The van der Waals surface area contributed by atoms with Crippen molar-refractivity contribution in [3.05, 3.63) is 46.2 Å². The predicted molar refractivity (Wildman–Crippen MR) is 81.8 cm³/mol. The van der Waals surface area contributed by atoms with E-state index in [0.717, 1.165) is 22.5 Å². The first kappa shape index (κ1) is 13.6. The fraction of sp³-hybridized carbons (Fsp3) is 0.286. The molecule has 20 heavy (non-hydrogen) atoms.